The van der Waals surface area contributed by atoms with Gasteiger partial charge < -0.3 is 10.1 Å². The number of aromatic nitrogens is 2. The molecule has 1 amide bonds. The average molecular weight is 305 g/mol. The molecule has 2 aliphatic carbocycles. The van der Waals surface area contributed by atoms with E-state index in [4.69, 9.17) is 4.74 Å². The smallest absolute Gasteiger partial charge is 0.224 e. The van der Waals surface area contributed by atoms with Gasteiger partial charge in [0.15, 0.2) is 0 Å². The standard InChI is InChI=1S/C17H27N3O2/c1-3-22-15-10-14(17(15)7-5-4-6-8-17)19-16(21)9-13-11-18-20(2)12-13/h11-12,14-15H,3-10H2,1-2H3,(H,19,21)/t14-,15+/m0/s1. The summed E-state index contributed by atoms with van der Waals surface area (Å²) in [5.41, 5.74) is 1.16. The minimum atomic E-state index is 0.109. The third kappa shape index (κ3) is 2.91. The van der Waals surface area contributed by atoms with Gasteiger partial charge in [-0.2, -0.15) is 5.10 Å². The van der Waals surface area contributed by atoms with Crippen LogP contribution < -0.4 is 5.32 Å². The van der Waals surface area contributed by atoms with Crippen molar-refractivity contribution in [1.82, 2.24) is 15.1 Å². The fraction of sp³-hybridized carbons (Fsp3) is 0.765. The maximum atomic E-state index is 12.3. The van der Waals surface area contributed by atoms with E-state index in [1.165, 1.54) is 32.1 Å². The minimum absolute atomic E-state index is 0.109. The molecule has 1 aromatic heterocycles. The van der Waals surface area contributed by atoms with Gasteiger partial charge in [-0.3, -0.25) is 9.48 Å². The third-order valence-electron chi connectivity index (χ3n) is 5.40. The molecule has 3 rings (SSSR count). The number of carbonyl (C=O) groups is 1. The molecule has 2 atom stereocenters. The molecule has 1 N–H and O–H groups in total. The Bertz CT molecular complexity index is 520. The van der Waals surface area contributed by atoms with Gasteiger partial charge in [0, 0.05) is 31.3 Å². The Morgan fingerprint density at radius 2 is 2.23 bits per heavy atom. The van der Waals surface area contributed by atoms with Gasteiger partial charge in [0.25, 0.3) is 0 Å². The summed E-state index contributed by atoms with van der Waals surface area (Å²) in [4.78, 5) is 12.3. The monoisotopic (exact) mass is 305 g/mol. The summed E-state index contributed by atoms with van der Waals surface area (Å²) in [6.45, 7) is 2.83. The topological polar surface area (TPSA) is 56.1 Å². The molecule has 5 nitrogen and oxygen atoms in total. The van der Waals surface area contributed by atoms with Crippen molar-refractivity contribution in [3.63, 3.8) is 0 Å². The molecule has 0 aliphatic heterocycles. The maximum Gasteiger partial charge on any atom is 0.224 e. The molecule has 1 aromatic rings. The first kappa shape index (κ1) is 15.5. The predicted molar refractivity (Wildman–Crippen MR) is 84.4 cm³/mol. The molecule has 2 aliphatic rings. The van der Waals surface area contributed by atoms with Gasteiger partial charge in [-0.05, 0) is 31.7 Å². The molecular formula is C17H27N3O2. The Kier molecular flexibility index (Phi) is 4.52. The van der Waals surface area contributed by atoms with Gasteiger partial charge in [0.05, 0.1) is 18.7 Å². The quantitative estimate of drug-likeness (QED) is 0.907. The minimum Gasteiger partial charge on any atom is -0.378 e. The Balaban J connectivity index is 1.60. The number of nitrogens with one attached hydrogen (secondary N) is 1. The first-order chi connectivity index (χ1) is 10.6. The number of hydrogen-bond acceptors (Lipinski definition) is 3. The van der Waals surface area contributed by atoms with E-state index in [0.717, 1.165) is 18.6 Å². The highest BCUT2D eigenvalue weighted by Crippen LogP contribution is 2.53. The molecule has 1 heterocycles. The molecule has 122 valence electrons. The second-order valence-corrected chi connectivity index (χ2v) is 6.79. The summed E-state index contributed by atoms with van der Waals surface area (Å²) in [6.07, 6.45) is 11.6. The molecule has 0 saturated heterocycles. The van der Waals surface area contributed by atoms with E-state index in [1.807, 2.05) is 13.2 Å². The number of amides is 1. The molecule has 5 heteroatoms. The highest BCUT2D eigenvalue weighted by molar-refractivity contribution is 5.79. The first-order valence-electron chi connectivity index (χ1n) is 8.52. The van der Waals surface area contributed by atoms with Crippen molar-refractivity contribution >= 4 is 5.91 Å². The lowest BCUT2D eigenvalue weighted by Gasteiger charge is -2.57. The molecule has 2 saturated carbocycles. The number of nitrogens with zero attached hydrogens (tertiary/aromatic N) is 2. The number of carbonyl (C=O) groups excluding carboxylic acids is 1. The Morgan fingerprint density at radius 1 is 1.45 bits per heavy atom. The van der Waals surface area contributed by atoms with Crippen LogP contribution in [0.1, 0.15) is 51.0 Å². The van der Waals surface area contributed by atoms with Gasteiger partial charge >= 0.3 is 0 Å². The van der Waals surface area contributed by atoms with Crippen LogP contribution in [0.25, 0.3) is 0 Å². The number of ether oxygens (including phenoxy) is 1. The van der Waals surface area contributed by atoms with E-state index in [1.54, 1.807) is 10.9 Å². The third-order valence-corrected chi connectivity index (χ3v) is 5.40. The lowest BCUT2D eigenvalue weighted by atomic mass is 9.55. The summed E-state index contributed by atoms with van der Waals surface area (Å²) in [7, 11) is 1.87. The predicted octanol–water partition coefficient (Wildman–Crippen LogP) is 2.21. The van der Waals surface area contributed by atoms with Crippen molar-refractivity contribution in [1.29, 1.82) is 0 Å². The van der Waals surface area contributed by atoms with Crippen LogP contribution in [0, 0.1) is 5.41 Å². The normalized spacial score (nSPS) is 26.6. The fourth-order valence-corrected chi connectivity index (χ4v) is 4.26. The average Bonchev–Trinajstić information content (AvgIpc) is 2.92. The van der Waals surface area contributed by atoms with Crippen LogP contribution in [0.4, 0.5) is 0 Å². The van der Waals surface area contributed by atoms with E-state index >= 15 is 0 Å². The van der Waals surface area contributed by atoms with Gasteiger partial charge in [-0.15, -0.1) is 0 Å². The summed E-state index contributed by atoms with van der Waals surface area (Å²) >= 11 is 0. The zero-order chi connectivity index (χ0) is 15.6. The summed E-state index contributed by atoms with van der Waals surface area (Å²) in [5.74, 6) is 0.109. The Morgan fingerprint density at radius 3 is 2.86 bits per heavy atom. The van der Waals surface area contributed by atoms with Crippen LogP contribution in [0.15, 0.2) is 12.4 Å². The Labute approximate surface area is 132 Å². The molecule has 0 radical (unpaired) electrons. The molecule has 2 fully saturated rings. The van der Waals surface area contributed by atoms with Crippen LogP contribution >= 0.6 is 0 Å². The van der Waals surface area contributed by atoms with Crippen molar-refractivity contribution in [3.05, 3.63) is 18.0 Å². The maximum absolute atomic E-state index is 12.3. The van der Waals surface area contributed by atoms with Crippen LogP contribution in [0.5, 0.6) is 0 Å². The van der Waals surface area contributed by atoms with E-state index in [0.29, 0.717) is 12.5 Å². The lowest BCUT2D eigenvalue weighted by molar-refractivity contribution is -0.156. The van der Waals surface area contributed by atoms with Gasteiger partial charge in [-0.25, -0.2) is 0 Å². The SMILES string of the molecule is CCO[C@@H]1C[C@H](NC(=O)Cc2cnn(C)c2)C12CCCCC2. The molecule has 1 spiro atoms. The zero-order valence-corrected chi connectivity index (χ0v) is 13.7. The van der Waals surface area contributed by atoms with E-state index in [-0.39, 0.29) is 17.4 Å². The largest absolute Gasteiger partial charge is 0.378 e. The van der Waals surface area contributed by atoms with Gasteiger partial charge in [0.2, 0.25) is 5.91 Å². The fourth-order valence-electron chi connectivity index (χ4n) is 4.26. The van der Waals surface area contributed by atoms with Crippen LogP contribution in [0.2, 0.25) is 0 Å². The van der Waals surface area contributed by atoms with Crippen molar-refractivity contribution < 1.29 is 9.53 Å². The van der Waals surface area contributed by atoms with Crippen molar-refractivity contribution in [3.8, 4) is 0 Å². The highest BCUT2D eigenvalue weighted by atomic mass is 16.5. The molecule has 0 bridgehead atoms. The number of aryl methyl sites for hydroxylation is 1. The van der Waals surface area contributed by atoms with Gasteiger partial charge in [-0.1, -0.05) is 19.3 Å². The lowest BCUT2D eigenvalue weighted by Crippen LogP contribution is -2.65. The van der Waals surface area contributed by atoms with E-state index in [2.05, 4.69) is 17.3 Å². The molecule has 0 unspecified atom stereocenters. The van der Waals surface area contributed by atoms with Crippen LogP contribution in [0.3, 0.4) is 0 Å². The Hall–Kier alpha value is -1.36. The van der Waals surface area contributed by atoms with Crippen LogP contribution in [-0.4, -0.2) is 34.4 Å². The van der Waals surface area contributed by atoms with Crippen LogP contribution in [-0.2, 0) is 23.0 Å². The summed E-state index contributed by atoms with van der Waals surface area (Å²) in [5, 5.41) is 7.39. The zero-order valence-electron chi connectivity index (χ0n) is 13.7. The molecule has 22 heavy (non-hydrogen) atoms. The van der Waals surface area contributed by atoms with Crippen molar-refractivity contribution in [2.24, 2.45) is 12.5 Å². The molecule has 0 aromatic carbocycles. The second-order valence-electron chi connectivity index (χ2n) is 6.79. The highest BCUT2D eigenvalue weighted by Gasteiger charge is 2.56. The molecular weight excluding hydrogens is 278 g/mol. The van der Waals surface area contributed by atoms with Crippen molar-refractivity contribution in [2.45, 2.75) is 64.0 Å². The number of rotatable bonds is 5. The summed E-state index contributed by atoms with van der Waals surface area (Å²) < 4.78 is 7.68. The van der Waals surface area contributed by atoms with E-state index in [9.17, 15) is 4.79 Å². The van der Waals surface area contributed by atoms with Gasteiger partial charge in [0.1, 0.15) is 0 Å². The van der Waals surface area contributed by atoms with E-state index < -0.39 is 0 Å². The number of hydrogen-bond donors (Lipinski definition) is 1. The van der Waals surface area contributed by atoms with Crippen molar-refractivity contribution in [2.75, 3.05) is 6.61 Å². The first-order valence-corrected chi connectivity index (χ1v) is 8.52. The second kappa shape index (κ2) is 6.41. The summed E-state index contributed by atoms with van der Waals surface area (Å²) in [6, 6.07) is 0.286.